The van der Waals surface area contributed by atoms with Crippen LogP contribution in [0.15, 0.2) is 12.3 Å². The molecule has 1 saturated heterocycles. The second-order valence-electron chi connectivity index (χ2n) is 6.87. The number of aromatic nitrogens is 2. The molecule has 1 aliphatic rings. The van der Waals surface area contributed by atoms with Crippen LogP contribution in [0.5, 0.6) is 0 Å². The van der Waals surface area contributed by atoms with E-state index in [2.05, 4.69) is 29.1 Å². The molecule has 0 amide bonds. The Morgan fingerprint density at radius 2 is 2.20 bits per heavy atom. The summed E-state index contributed by atoms with van der Waals surface area (Å²) in [5.74, 6) is 1.96. The lowest BCUT2D eigenvalue weighted by Crippen LogP contribution is -2.43. The Kier molecular flexibility index (Phi) is 7.01. The Bertz CT molecular complexity index is 651. The molecule has 1 N–H and O–H groups in total. The van der Waals surface area contributed by atoms with Gasteiger partial charge in [0.1, 0.15) is 5.82 Å². The minimum atomic E-state index is -3.00. The normalized spacial score (nSPS) is 21.3. The third-order valence-electron chi connectivity index (χ3n) is 4.52. The SMILES string of the molecule is CCS(=O)(=O)CCN(C)c1nccc(N[C@H]2CCCO[C@H]2C(C)C)n1. The predicted molar refractivity (Wildman–Crippen MR) is 101 cm³/mol. The van der Waals surface area contributed by atoms with Crippen LogP contribution in [-0.4, -0.2) is 62.2 Å². The zero-order valence-corrected chi connectivity index (χ0v) is 16.4. The monoisotopic (exact) mass is 370 g/mol. The van der Waals surface area contributed by atoms with E-state index in [1.165, 1.54) is 0 Å². The second kappa shape index (κ2) is 8.80. The van der Waals surface area contributed by atoms with E-state index in [1.807, 2.05) is 13.1 Å². The van der Waals surface area contributed by atoms with Crippen LogP contribution in [0.1, 0.15) is 33.6 Å². The quantitative estimate of drug-likeness (QED) is 0.749. The Morgan fingerprint density at radius 1 is 1.44 bits per heavy atom. The van der Waals surface area contributed by atoms with E-state index < -0.39 is 9.84 Å². The van der Waals surface area contributed by atoms with Crippen molar-refractivity contribution in [3.63, 3.8) is 0 Å². The molecule has 8 heteroatoms. The lowest BCUT2D eigenvalue weighted by molar-refractivity contribution is -0.0203. The van der Waals surface area contributed by atoms with Gasteiger partial charge in [-0.15, -0.1) is 0 Å². The van der Waals surface area contributed by atoms with Gasteiger partial charge in [0.05, 0.1) is 17.9 Å². The Morgan fingerprint density at radius 3 is 2.88 bits per heavy atom. The molecule has 0 saturated carbocycles. The highest BCUT2D eigenvalue weighted by atomic mass is 32.2. The molecule has 0 aromatic carbocycles. The third kappa shape index (κ3) is 5.81. The highest BCUT2D eigenvalue weighted by Gasteiger charge is 2.28. The lowest BCUT2D eigenvalue weighted by Gasteiger charge is -2.35. The number of ether oxygens (including phenoxy) is 1. The molecule has 1 aromatic rings. The van der Waals surface area contributed by atoms with Gasteiger partial charge in [0.2, 0.25) is 5.95 Å². The summed E-state index contributed by atoms with van der Waals surface area (Å²) in [5.41, 5.74) is 0. The number of rotatable bonds is 8. The van der Waals surface area contributed by atoms with Gasteiger partial charge >= 0.3 is 0 Å². The smallest absolute Gasteiger partial charge is 0.227 e. The standard InChI is InChI=1S/C17H30N4O3S/c1-5-25(22,23)12-10-21(4)17-18-9-8-15(20-17)19-14-7-6-11-24-16(14)13(2)3/h8-9,13-14,16H,5-7,10-12H2,1-4H3,(H,18,19,20)/t14-,16-/m0/s1. The summed E-state index contributed by atoms with van der Waals surface area (Å²) >= 11 is 0. The van der Waals surface area contributed by atoms with Crippen LogP contribution in [0, 0.1) is 5.92 Å². The number of nitrogens with zero attached hydrogens (tertiary/aromatic N) is 3. The van der Waals surface area contributed by atoms with Crippen LogP contribution in [0.25, 0.3) is 0 Å². The summed E-state index contributed by atoms with van der Waals surface area (Å²) in [6, 6.07) is 2.06. The first-order valence-electron chi connectivity index (χ1n) is 8.95. The molecule has 2 rings (SSSR count). The summed E-state index contributed by atoms with van der Waals surface area (Å²) in [4.78, 5) is 10.6. The van der Waals surface area contributed by atoms with E-state index >= 15 is 0 Å². The Labute approximate surface area is 151 Å². The highest BCUT2D eigenvalue weighted by molar-refractivity contribution is 7.91. The molecule has 7 nitrogen and oxygen atoms in total. The van der Waals surface area contributed by atoms with Gasteiger partial charge in [0, 0.05) is 32.1 Å². The molecule has 1 aliphatic heterocycles. The van der Waals surface area contributed by atoms with Crippen molar-refractivity contribution in [1.82, 2.24) is 9.97 Å². The van der Waals surface area contributed by atoms with Crippen molar-refractivity contribution >= 4 is 21.6 Å². The van der Waals surface area contributed by atoms with E-state index in [0.29, 0.717) is 18.4 Å². The fourth-order valence-electron chi connectivity index (χ4n) is 2.94. The molecule has 1 aromatic heterocycles. The number of anilines is 2. The van der Waals surface area contributed by atoms with Crippen molar-refractivity contribution in [3.05, 3.63) is 12.3 Å². The molecule has 0 unspecified atom stereocenters. The molecule has 142 valence electrons. The number of sulfone groups is 1. The summed E-state index contributed by atoms with van der Waals surface area (Å²) < 4.78 is 29.2. The van der Waals surface area contributed by atoms with Gasteiger partial charge in [-0.3, -0.25) is 0 Å². The molecule has 0 spiro atoms. The van der Waals surface area contributed by atoms with Crippen LogP contribution in [0.3, 0.4) is 0 Å². The van der Waals surface area contributed by atoms with Crippen molar-refractivity contribution in [2.24, 2.45) is 5.92 Å². The average molecular weight is 371 g/mol. The van der Waals surface area contributed by atoms with Crippen molar-refractivity contribution in [1.29, 1.82) is 0 Å². The molecule has 2 atom stereocenters. The number of hydrogen-bond donors (Lipinski definition) is 1. The predicted octanol–water partition coefficient (Wildman–Crippen LogP) is 1.96. The Hall–Kier alpha value is -1.41. The van der Waals surface area contributed by atoms with Crippen LogP contribution >= 0.6 is 0 Å². The number of nitrogens with one attached hydrogen (secondary N) is 1. The molecular formula is C17H30N4O3S. The molecule has 0 bridgehead atoms. The first-order valence-corrected chi connectivity index (χ1v) is 10.8. The first kappa shape index (κ1) is 19.9. The topological polar surface area (TPSA) is 84.4 Å². The molecular weight excluding hydrogens is 340 g/mol. The van der Waals surface area contributed by atoms with Crippen LogP contribution < -0.4 is 10.2 Å². The minimum Gasteiger partial charge on any atom is -0.376 e. The highest BCUT2D eigenvalue weighted by Crippen LogP contribution is 2.23. The zero-order valence-electron chi connectivity index (χ0n) is 15.6. The van der Waals surface area contributed by atoms with Crippen LogP contribution in [0.2, 0.25) is 0 Å². The summed E-state index contributed by atoms with van der Waals surface area (Å²) in [6.07, 6.45) is 3.95. The van der Waals surface area contributed by atoms with Gasteiger partial charge in [0.15, 0.2) is 9.84 Å². The van der Waals surface area contributed by atoms with Gasteiger partial charge in [-0.25, -0.2) is 13.4 Å². The van der Waals surface area contributed by atoms with Gasteiger partial charge in [-0.05, 0) is 24.8 Å². The van der Waals surface area contributed by atoms with Crippen molar-refractivity contribution in [3.8, 4) is 0 Å². The molecule has 0 aliphatic carbocycles. The molecule has 25 heavy (non-hydrogen) atoms. The van der Waals surface area contributed by atoms with E-state index in [-0.39, 0.29) is 23.7 Å². The summed E-state index contributed by atoms with van der Waals surface area (Å²) in [7, 11) is -1.19. The van der Waals surface area contributed by atoms with Gasteiger partial charge in [0.25, 0.3) is 0 Å². The maximum Gasteiger partial charge on any atom is 0.227 e. The van der Waals surface area contributed by atoms with Gasteiger partial charge in [-0.2, -0.15) is 4.98 Å². The zero-order chi connectivity index (χ0) is 18.4. The van der Waals surface area contributed by atoms with Crippen molar-refractivity contribution in [2.45, 2.75) is 45.8 Å². The van der Waals surface area contributed by atoms with E-state index in [1.54, 1.807) is 18.0 Å². The van der Waals surface area contributed by atoms with E-state index in [4.69, 9.17) is 4.74 Å². The molecule has 0 radical (unpaired) electrons. The van der Waals surface area contributed by atoms with Gasteiger partial charge < -0.3 is 15.0 Å². The van der Waals surface area contributed by atoms with E-state index in [0.717, 1.165) is 25.3 Å². The third-order valence-corrected chi connectivity index (χ3v) is 6.20. The fraction of sp³-hybridized carbons (Fsp3) is 0.765. The molecule has 1 fully saturated rings. The number of hydrogen-bond acceptors (Lipinski definition) is 7. The second-order valence-corrected chi connectivity index (χ2v) is 9.35. The maximum absolute atomic E-state index is 11.7. The first-order chi connectivity index (χ1) is 11.8. The van der Waals surface area contributed by atoms with Crippen molar-refractivity contribution in [2.75, 3.05) is 41.9 Å². The lowest BCUT2D eigenvalue weighted by atomic mass is 9.94. The summed E-state index contributed by atoms with van der Waals surface area (Å²) in [6.45, 7) is 7.18. The van der Waals surface area contributed by atoms with Crippen LogP contribution in [0.4, 0.5) is 11.8 Å². The summed E-state index contributed by atoms with van der Waals surface area (Å²) in [5, 5.41) is 3.47. The minimum absolute atomic E-state index is 0.104. The maximum atomic E-state index is 11.7. The van der Waals surface area contributed by atoms with Gasteiger partial charge in [-0.1, -0.05) is 20.8 Å². The Balaban J connectivity index is 2.02. The fourth-order valence-corrected chi connectivity index (χ4v) is 3.78. The van der Waals surface area contributed by atoms with Crippen molar-refractivity contribution < 1.29 is 13.2 Å². The van der Waals surface area contributed by atoms with E-state index in [9.17, 15) is 8.42 Å². The van der Waals surface area contributed by atoms with Crippen LogP contribution in [-0.2, 0) is 14.6 Å². The largest absolute Gasteiger partial charge is 0.376 e. The average Bonchev–Trinajstić information content (AvgIpc) is 2.60. The molecule has 2 heterocycles.